The number of amides is 1. The van der Waals surface area contributed by atoms with Crippen LogP contribution in [0.25, 0.3) is 0 Å². The lowest BCUT2D eigenvalue weighted by Gasteiger charge is -2.15. The predicted octanol–water partition coefficient (Wildman–Crippen LogP) is 3.32. The molecule has 0 fully saturated rings. The van der Waals surface area contributed by atoms with E-state index in [2.05, 4.69) is 5.32 Å². The van der Waals surface area contributed by atoms with Crippen LogP contribution in [0.3, 0.4) is 0 Å². The molecule has 118 valence electrons. The van der Waals surface area contributed by atoms with E-state index in [1.165, 1.54) is 24.1 Å². The summed E-state index contributed by atoms with van der Waals surface area (Å²) in [5.41, 5.74) is 0.246. The zero-order chi connectivity index (χ0) is 16.1. The van der Waals surface area contributed by atoms with E-state index in [9.17, 15) is 9.18 Å². The quantitative estimate of drug-likeness (QED) is 0.887. The van der Waals surface area contributed by atoms with Gasteiger partial charge >= 0.3 is 0 Å². The van der Waals surface area contributed by atoms with Crippen molar-refractivity contribution in [3.63, 3.8) is 0 Å². The van der Waals surface area contributed by atoms with Gasteiger partial charge < -0.3 is 14.8 Å². The molecular formula is C16H18FNO3S. The molecule has 1 amide bonds. The molecule has 6 heteroatoms. The molecule has 1 N–H and O–H groups in total. The van der Waals surface area contributed by atoms with E-state index in [4.69, 9.17) is 9.47 Å². The van der Waals surface area contributed by atoms with Crippen LogP contribution < -0.4 is 10.1 Å². The lowest BCUT2D eigenvalue weighted by molar-refractivity contribution is 0.0837. The first kappa shape index (κ1) is 16.5. The summed E-state index contributed by atoms with van der Waals surface area (Å²) in [6.07, 6.45) is -0.217. The molecule has 1 aromatic heterocycles. The van der Waals surface area contributed by atoms with Gasteiger partial charge in [0, 0.05) is 29.0 Å². The summed E-state index contributed by atoms with van der Waals surface area (Å²) in [6, 6.07) is 8.10. The molecule has 0 aliphatic rings. The average molecular weight is 323 g/mol. The summed E-state index contributed by atoms with van der Waals surface area (Å²) in [5, 5.41) is 2.76. The van der Waals surface area contributed by atoms with Gasteiger partial charge in [-0.2, -0.15) is 0 Å². The van der Waals surface area contributed by atoms with Gasteiger partial charge in [-0.3, -0.25) is 4.79 Å². The summed E-state index contributed by atoms with van der Waals surface area (Å²) < 4.78 is 23.8. The van der Waals surface area contributed by atoms with Crippen LogP contribution in [0.15, 0.2) is 30.3 Å². The largest absolute Gasteiger partial charge is 0.494 e. The van der Waals surface area contributed by atoms with Crippen molar-refractivity contribution in [2.24, 2.45) is 0 Å². The van der Waals surface area contributed by atoms with Crippen LogP contribution in [0, 0.1) is 12.7 Å². The van der Waals surface area contributed by atoms with Gasteiger partial charge in [0.1, 0.15) is 6.10 Å². The Bertz CT molecular complexity index is 657. The molecule has 0 saturated heterocycles. The molecule has 0 unspecified atom stereocenters. The normalized spacial score (nSPS) is 12.0. The number of aryl methyl sites for hydroxylation is 1. The Morgan fingerprint density at radius 3 is 2.64 bits per heavy atom. The second kappa shape index (κ2) is 7.38. The molecule has 0 aliphatic carbocycles. The minimum atomic E-state index is -0.563. The monoisotopic (exact) mass is 323 g/mol. The maximum Gasteiger partial charge on any atom is 0.251 e. The number of benzene rings is 1. The minimum Gasteiger partial charge on any atom is -0.494 e. The van der Waals surface area contributed by atoms with Gasteiger partial charge in [-0.15, -0.1) is 11.3 Å². The number of thiophene rings is 1. The second-order valence-corrected chi connectivity index (χ2v) is 6.05. The molecular weight excluding hydrogens is 305 g/mol. The highest BCUT2D eigenvalue weighted by molar-refractivity contribution is 7.12. The van der Waals surface area contributed by atoms with Gasteiger partial charge in [0.25, 0.3) is 5.91 Å². The fourth-order valence-electron chi connectivity index (χ4n) is 2.02. The maximum atomic E-state index is 13.6. The molecule has 2 aromatic rings. The number of halogens is 1. The fraction of sp³-hybridized carbons (Fsp3) is 0.312. The predicted molar refractivity (Wildman–Crippen MR) is 84.1 cm³/mol. The third-order valence-electron chi connectivity index (χ3n) is 3.23. The summed E-state index contributed by atoms with van der Waals surface area (Å²) in [7, 11) is 2.98. The third-order valence-corrected chi connectivity index (χ3v) is 4.32. The Morgan fingerprint density at radius 1 is 1.32 bits per heavy atom. The Balaban J connectivity index is 2.01. The molecule has 0 saturated carbocycles. The number of rotatable bonds is 6. The number of carbonyl (C=O) groups is 1. The average Bonchev–Trinajstić information content (AvgIpc) is 2.94. The number of hydrogen-bond acceptors (Lipinski definition) is 4. The summed E-state index contributed by atoms with van der Waals surface area (Å²) >= 11 is 1.62. The van der Waals surface area contributed by atoms with Crippen LogP contribution in [0.5, 0.6) is 5.75 Å². The molecule has 0 radical (unpaired) electrons. The first-order valence-corrected chi connectivity index (χ1v) is 7.57. The highest BCUT2D eigenvalue weighted by atomic mass is 32.1. The highest BCUT2D eigenvalue weighted by Crippen LogP contribution is 2.24. The smallest absolute Gasteiger partial charge is 0.251 e. The van der Waals surface area contributed by atoms with Gasteiger partial charge in [0.05, 0.1) is 7.11 Å². The van der Waals surface area contributed by atoms with Crippen molar-refractivity contribution in [3.05, 3.63) is 51.5 Å². The lowest BCUT2D eigenvalue weighted by atomic mass is 10.2. The fourth-order valence-corrected chi connectivity index (χ4v) is 2.98. The minimum absolute atomic E-state index is 0.111. The van der Waals surface area contributed by atoms with Crippen LogP contribution >= 0.6 is 11.3 Å². The van der Waals surface area contributed by atoms with Crippen molar-refractivity contribution in [1.82, 2.24) is 5.32 Å². The summed E-state index contributed by atoms with van der Waals surface area (Å²) in [5.74, 6) is -0.801. The summed E-state index contributed by atoms with van der Waals surface area (Å²) in [6.45, 7) is 2.34. The maximum absolute atomic E-state index is 13.6. The number of carbonyl (C=O) groups excluding carboxylic acids is 1. The first-order chi connectivity index (χ1) is 10.5. The van der Waals surface area contributed by atoms with Crippen molar-refractivity contribution in [2.75, 3.05) is 20.8 Å². The zero-order valence-electron chi connectivity index (χ0n) is 12.7. The molecule has 1 aromatic carbocycles. The SMILES string of the molecule is COc1ccc(C(=O)NC[C@@H](OC)c2ccc(C)s2)cc1F. The van der Waals surface area contributed by atoms with Crippen molar-refractivity contribution in [3.8, 4) is 5.75 Å². The summed E-state index contributed by atoms with van der Waals surface area (Å²) in [4.78, 5) is 14.3. The van der Waals surface area contributed by atoms with E-state index < -0.39 is 5.82 Å². The van der Waals surface area contributed by atoms with Gasteiger partial charge in [0.2, 0.25) is 0 Å². The van der Waals surface area contributed by atoms with Crippen molar-refractivity contribution in [2.45, 2.75) is 13.0 Å². The number of ether oxygens (including phenoxy) is 2. The van der Waals surface area contributed by atoms with E-state index in [1.54, 1.807) is 18.4 Å². The number of nitrogens with one attached hydrogen (secondary N) is 1. The van der Waals surface area contributed by atoms with E-state index in [-0.39, 0.29) is 23.3 Å². The molecule has 4 nitrogen and oxygen atoms in total. The van der Waals surface area contributed by atoms with E-state index in [0.717, 1.165) is 10.9 Å². The standard InChI is InChI=1S/C16H18FNO3S/c1-10-4-7-15(22-10)14(21-3)9-18-16(19)11-5-6-13(20-2)12(17)8-11/h4-8,14H,9H2,1-3H3,(H,18,19)/t14-/m1/s1. The molecule has 2 rings (SSSR count). The van der Waals surface area contributed by atoms with Crippen LogP contribution in [-0.2, 0) is 4.74 Å². The van der Waals surface area contributed by atoms with Crippen LogP contribution in [0.2, 0.25) is 0 Å². The Morgan fingerprint density at radius 2 is 2.09 bits per heavy atom. The molecule has 1 heterocycles. The number of methoxy groups -OCH3 is 2. The van der Waals surface area contributed by atoms with Crippen LogP contribution in [0.4, 0.5) is 4.39 Å². The van der Waals surface area contributed by atoms with Gasteiger partial charge in [-0.05, 0) is 37.3 Å². The first-order valence-electron chi connectivity index (χ1n) is 6.76. The Hall–Kier alpha value is -1.92. The van der Waals surface area contributed by atoms with Crippen LogP contribution in [-0.4, -0.2) is 26.7 Å². The Labute approximate surface area is 132 Å². The van der Waals surface area contributed by atoms with Gasteiger partial charge in [-0.1, -0.05) is 0 Å². The molecule has 0 aliphatic heterocycles. The van der Waals surface area contributed by atoms with Gasteiger partial charge in [-0.25, -0.2) is 4.39 Å². The topological polar surface area (TPSA) is 47.6 Å². The van der Waals surface area contributed by atoms with Crippen molar-refractivity contribution >= 4 is 17.2 Å². The molecule has 22 heavy (non-hydrogen) atoms. The highest BCUT2D eigenvalue weighted by Gasteiger charge is 2.15. The van der Waals surface area contributed by atoms with Crippen molar-refractivity contribution < 1.29 is 18.7 Å². The third kappa shape index (κ3) is 3.84. The van der Waals surface area contributed by atoms with E-state index in [0.29, 0.717) is 6.54 Å². The Kier molecular flexibility index (Phi) is 5.51. The zero-order valence-corrected chi connectivity index (χ0v) is 13.5. The van der Waals surface area contributed by atoms with Gasteiger partial charge in [0.15, 0.2) is 11.6 Å². The van der Waals surface area contributed by atoms with Crippen molar-refractivity contribution in [1.29, 1.82) is 0 Å². The molecule has 1 atom stereocenters. The molecule has 0 spiro atoms. The number of hydrogen-bond donors (Lipinski definition) is 1. The van der Waals surface area contributed by atoms with Crippen LogP contribution in [0.1, 0.15) is 26.2 Å². The molecule has 0 bridgehead atoms. The second-order valence-electron chi connectivity index (χ2n) is 4.73. The lowest BCUT2D eigenvalue weighted by Crippen LogP contribution is -2.28. The van der Waals surface area contributed by atoms with E-state index in [1.807, 2.05) is 19.1 Å². The van der Waals surface area contributed by atoms with E-state index >= 15 is 0 Å².